The molecule has 0 aliphatic carbocycles. The van der Waals surface area contributed by atoms with Gasteiger partial charge in [-0.2, -0.15) is 0 Å². The molecule has 0 bridgehead atoms. The van der Waals surface area contributed by atoms with E-state index < -0.39 is 0 Å². The summed E-state index contributed by atoms with van der Waals surface area (Å²) in [4.78, 5) is 0. The third-order valence-corrected chi connectivity index (χ3v) is 8.74. The van der Waals surface area contributed by atoms with Gasteiger partial charge in [0.15, 0.2) is 0 Å². The second kappa shape index (κ2) is 9.68. The summed E-state index contributed by atoms with van der Waals surface area (Å²) in [7, 11) is 0. The van der Waals surface area contributed by atoms with Crippen molar-refractivity contribution in [1.82, 2.24) is 31.9 Å². The SMILES string of the molecule is CC1CCC(C2NC=C(c3ccc(-c4ccc5cc(C6=CNC(C7CCC(C)N7)N6)ccc5c4)cc3)N2)N1. The number of benzene rings is 3. The third-order valence-electron chi connectivity index (χ3n) is 8.74. The summed E-state index contributed by atoms with van der Waals surface area (Å²) in [6, 6.07) is 24.6. The van der Waals surface area contributed by atoms with Crippen LogP contribution < -0.4 is 31.9 Å². The van der Waals surface area contributed by atoms with Crippen LogP contribution >= 0.6 is 0 Å². The standard InChI is InChI=1S/C32H38N6/c1-19-3-13-27(35-19)31-33-17-29(37-31)22-7-5-21(6-8-22)23-9-10-25-16-26(12-11-24(25)15-23)30-18-34-32(38-30)28-14-4-20(2)36-28/h5-12,15-20,27-28,31-38H,3-4,13-14H2,1-2H3. The Hall–Kier alpha value is -3.48. The minimum absolute atomic E-state index is 0.260. The Morgan fingerprint density at radius 1 is 0.526 bits per heavy atom. The maximum atomic E-state index is 3.69. The average Bonchev–Trinajstić information content (AvgIpc) is 3.75. The van der Waals surface area contributed by atoms with Gasteiger partial charge in [0.05, 0.1) is 11.4 Å². The zero-order chi connectivity index (χ0) is 25.6. The van der Waals surface area contributed by atoms with Crippen molar-refractivity contribution in [3.63, 3.8) is 0 Å². The molecule has 6 atom stereocenters. The molecule has 2 saturated heterocycles. The molecule has 0 amide bonds. The van der Waals surface area contributed by atoms with Crippen LogP contribution in [0.15, 0.2) is 73.1 Å². The molecule has 6 heteroatoms. The predicted molar refractivity (Wildman–Crippen MR) is 157 cm³/mol. The highest BCUT2D eigenvalue weighted by atomic mass is 15.2. The first-order valence-electron chi connectivity index (χ1n) is 14.2. The second-order valence-corrected chi connectivity index (χ2v) is 11.6. The Morgan fingerprint density at radius 3 is 1.55 bits per heavy atom. The monoisotopic (exact) mass is 506 g/mol. The van der Waals surface area contributed by atoms with Crippen molar-refractivity contribution in [2.24, 2.45) is 0 Å². The summed E-state index contributed by atoms with van der Waals surface area (Å²) in [5.74, 6) is 0. The highest BCUT2D eigenvalue weighted by molar-refractivity contribution is 5.90. The first-order chi connectivity index (χ1) is 18.6. The van der Waals surface area contributed by atoms with Crippen LogP contribution in [0.25, 0.3) is 33.3 Å². The zero-order valence-corrected chi connectivity index (χ0v) is 22.2. The van der Waals surface area contributed by atoms with Crippen LogP contribution in [-0.4, -0.2) is 36.5 Å². The molecule has 38 heavy (non-hydrogen) atoms. The molecular weight excluding hydrogens is 468 g/mol. The normalized spacial score (nSPS) is 30.4. The summed E-state index contributed by atoms with van der Waals surface area (Å²) in [6.07, 6.45) is 9.67. The van der Waals surface area contributed by atoms with Crippen LogP contribution in [0, 0.1) is 0 Å². The molecular formula is C32H38N6. The van der Waals surface area contributed by atoms with Gasteiger partial charge in [-0.25, -0.2) is 0 Å². The van der Waals surface area contributed by atoms with Gasteiger partial charge in [0.2, 0.25) is 0 Å². The summed E-state index contributed by atoms with van der Waals surface area (Å²) >= 11 is 0. The van der Waals surface area contributed by atoms with Gasteiger partial charge in [0.25, 0.3) is 0 Å². The van der Waals surface area contributed by atoms with E-state index >= 15 is 0 Å². The molecule has 4 heterocycles. The van der Waals surface area contributed by atoms with E-state index in [0.717, 1.165) is 0 Å². The molecule has 6 nitrogen and oxygen atoms in total. The van der Waals surface area contributed by atoms with Gasteiger partial charge in [-0.05, 0) is 84.7 Å². The third kappa shape index (κ3) is 4.52. The van der Waals surface area contributed by atoms with E-state index in [0.29, 0.717) is 24.2 Å². The van der Waals surface area contributed by atoms with E-state index in [1.165, 1.54) is 70.1 Å². The molecule has 6 unspecified atom stereocenters. The van der Waals surface area contributed by atoms with E-state index in [-0.39, 0.29) is 12.3 Å². The van der Waals surface area contributed by atoms with E-state index in [4.69, 9.17) is 0 Å². The van der Waals surface area contributed by atoms with Crippen LogP contribution in [-0.2, 0) is 0 Å². The molecule has 3 aromatic rings. The summed E-state index contributed by atoms with van der Waals surface area (Å²) in [6.45, 7) is 4.53. The summed E-state index contributed by atoms with van der Waals surface area (Å²) < 4.78 is 0. The maximum absolute atomic E-state index is 3.69. The molecule has 0 spiro atoms. The fraction of sp³-hybridized carbons (Fsp3) is 0.375. The Bertz CT molecular complexity index is 1390. The van der Waals surface area contributed by atoms with Crippen molar-refractivity contribution >= 4 is 22.2 Å². The molecule has 6 N–H and O–H groups in total. The minimum Gasteiger partial charge on any atom is -0.368 e. The summed E-state index contributed by atoms with van der Waals surface area (Å²) in [5, 5.41) is 24.3. The van der Waals surface area contributed by atoms with Crippen LogP contribution in [0.1, 0.15) is 50.7 Å². The molecule has 196 valence electrons. The van der Waals surface area contributed by atoms with Gasteiger partial charge in [-0.15, -0.1) is 0 Å². The molecule has 0 saturated carbocycles. The minimum atomic E-state index is 0.260. The largest absolute Gasteiger partial charge is 0.368 e. The number of hydrogen-bond acceptors (Lipinski definition) is 6. The Balaban J connectivity index is 1.03. The van der Waals surface area contributed by atoms with Crippen LogP contribution in [0.5, 0.6) is 0 Å². The molecule has 4 aliphatic rings. The van der Waals surface area contributed by atoms with Crippen molar-refractivity contribution < 1.29 is 0 Å². The molecule has 7 rings (SSSR count). The Morgan fingerprint density at radius 2 is 1.00 bits per heavy atom. The van der Waals surface area contributed by atoms with Crippen molar-refractivity contribution in [3.05, 3.63) is 84.2 Å². The van der Waals surface area contributed by atoms with Crippen molar-refractivity contribution in [2.45, 2.75) is 76.0 Å². The molecule has 3 aromatic carbocycles. The van der Waals surface area contributed by atoms with E-state index in [1.54, 1.807) is 0 Å². The lowest BCUT2D eigenvalue weighted by atomic mass is 9.98. The van der Waals surface area contributed by atoms with Gasteiger partial charge in [0.1, 0.15) is 12.3 Å². The zero-order valence-electron chi connectivity index (χ0n) is 22.2. The van der Waals surface area contributed by atoms with Crippen molar-refractivity contribution in [1.29, 1.82) is 0 Å². The number of nitrogens with one attached hydrogen (secondary N) is 6. The van der Waals surface area contributed by atoms with Crippen molar-refractivity contribution in [2.75, 3.05) is 0 Å². The van der Waals surface area contributed by atoms with Gasteiger partial charge in [-0.1, -0.05) is 48.5 Å². The van der Waals surface area contributed by atoms with Crippen molar-refractivity contribution in [3.8, 4) is 11.1 Å². The van der Waals surface area contributed by atoms with E-state index in [2.05, 4.69) is 119 Å². The smallest absolute Gasteiger partial charge is 0.112 e. The Kier molecular flexibility index (Phi) is 6.02. The number of hydrogen-bond donors (Lipinski definition) is 6. The molecule has 2 fully saturated rings. The molecule has 4 aliphatic heterocycles. The lowest BCUT2D eigenvalue weighted by Gasteiger charge is -2.22. The van der Waals surface area contributed by atoms with Gasteiger partial charge < -0.3 is 31.9 Å². The fourth-order valence-corrected chi connectivity index (χ4v) is 6.50. The van der Waals surface area contributed by atoms with E-state index in [9.17, 15) is 0 Å². The topological polar surface area (TPSA) is 72.2 Å². The quantitative estimate of drug-likeness (QED) is 0.308. The fourth-order valence-electron chi connectivity index (χ4n) is 6.50. The van der Waals surface area contributed by atoms with Crippen LogP contribution in [0.2, 0.25) is 0 Å². The highest BCUT2D eigenvalue weighted by Crippen LogP contribution is 2.29. The number of fused-ring (bicyclic) bond motifs is 1. The molecule has 0 aromatic heterocycles. The van der Waals surface area contributed by atoms with Crippen LogP contribution in [0.3, 0.4) is 0 Å². The van der Waals surface area contributed by atoms with Gasteiger partial charge in [-0.3, -0.25) is 0 Å². The molecule has 0 radical (unpaired) electrons. The first-order valence-corrected chi connectivity index (χ1v) is 14.2. The maximum Gasteiger partial charge on any atom is 0.112 e. The number of rotatable bonds is 5. The predicted octanol–water partition coefficient (Wildman–Crippen LogP) is 4.42. The average molecular weight is 507 g/mol. The summed E-state index contributed by atoms with van der Waals surface area (Å²) in [5.41, 5.74) is 7.25. The lowest BCUT2D eigenvalue weighted by Crippen LogP contribution is -2.49. The van der Waals surface area contributed by atoms with Crippen LogP contribution in [0.4, 0.5) is 0 Å². The lowest BCUT2D eigenvalue weighted by molar-refractivity contribution is 0.416. The van der Waals surface area contributed by atoms with Gasteiger partial charge in [0, 0.05) is 36.6 Å². The second-order valence-electron chi connectivity index (χ2n) is 11.6. The highest BCUT2D eigenvalue weighted by Gasteiger charge is 2.31. The van der Waals surface area contributed by atoms with E-state index in [1.807, 2.05) is 0 Å². The Labute approximate surface area is 225 Å². The first kappa shape index (κ1) is 23.6. The van der Waals surface area contributed by atoms with Gasteiger partial charge >= 0.3 is 0 Å².